The van der Waals surface area contributed by atoms with E-state index in [2.05, 4.69) is 276 Å². The lowest BCUT2D eigenvalue weighted by atomic mass is 10.0. The first-order valence-corrected chi connectivity index (χ1v) is 31.2. The van der Waals surface area contributed by atoms with Gasteiger partial charge in [0.15, 0.2) is 8.07 Å². The lowest BCUT2D eigenvalue weighted by molar-refractivity contribution is 1.25. The van der Waals surface area contributed by atoms with E-state index in [1.165, 1.54) is 0 Å². The van der Waals surface area contributed by atoms with Gasteiger partial charge in [0.1, 0.15) is 0 Å². The molecule has 0 aliphatic carbocycles. The first kappa shape index (κ1) is 55.2. The molecule has 0 bridgehead atoms. The largest absolute Gasteiger partial charge is 0.311 e. The summed E-state index contributed by atoms with van der Waals surface area (Å²) in [6.07, 6.45) is 0. The van der Waals surface area contributed by atoms with E-state index in [-0.39, 0.29) is 0 Å². The summed E-state index contributed by atoms with van der Waals surface area (Å²) in [6.45, 7) is 0. The second kappa shape index (κ2) is 25.0. The molecule has 0 aliphatic rings. The van der Waals surface area contributed by atoms with Crippen molar-refractivity contribution in [3.63, 3.8) is 0 Å². The van der Waals surface area contributed by atoms with Gasteiger partial charge in [-0.2, -0.15) is 15.8 Å². The molecule has 0 aliphatic heterocycles. The minimum Gasteiger partial charge on any atom is -0.311 e. The lowest BCUT2D eigenvalue weighted by Gasteiger charge is -2.35. The zero-order valence-electron chi connectivity index (χ0n) is 48.0. The lowest BCUT2D eigenvalue weighted by Crippen LogP contribution is -2.74. The van der Waals surface area contributed by atoms with Gasteiger partial charge in [-0.1, -0.05) is 212 Å². The number of para-hydroxylation sites is 4. The Bertz CT molecular complexity index is 4210. The number of hydrogen-bond acceptors (Lipinski definition) is 6. The van der Waals surface area contributed by atoms with Crippen LogP contribution in [0.15, 0.2) is 340 Å². The highest BCUT2D eigenvalue weighted by Crippen LogP contribution is 2.41. The van der Waals surface area contributed by atoms with Crippen LogP contribution in [0.3, 0.4) is 0 Å². The quantitative estimate of drug-likeness (QED) is 0.0708. The molecule has 13 aromatic carbocycles. The van der Waals surface area contributed by atoms with Gasteiger partial charge in [0.05, 0.1) is 34.9 Å². The van der Waals surface area contributed by atoms with Crippen LogP contribution >= 0.6 is 0 Å². The Balaban J connectivity index is 0.997. The second-order valence-electron chi connectivity index (χ2n) is 21.4. The summed E-state index contributed by atoms with van der Waals surface area (Å²) in [5.41, 5.74) is 16.5. The van der Waals surface area contributed by atoms with Crippen molar-refractivity contribution in [3.05, 3.63) is 356 Å². The van der Waals surface area contributed by atoms with Crippen molar-refractivity contribution in [2.75, 3.05) is 14.7 Å². The predicted molar refractivity (Wildman–Crippen MR) is 365 cm³/mol. The zero-order chi connectivity index (χ0) is 59.7. The SMILES string of the molecule is N#Cc1ccccc1-c1ccc([Si](c2ccc(-c3ccccc3C#N)cc2)(c2ccc(-c3ccccc3C#N)cc2)c2ccc(N(c3ccc(N(c4ccccc4)c4ccccc4)cc3)c3ccc(N(c4ccccc4)c4ccccc4)cc3)cc2)cc1. The highest BCUT2D eigenvalue weighted by Gasteiger charge is 2.42. The van der Waals surface area contributed by atoms with E-state index in [9.17, 15) is 15.8 Å². The van der Waals surface area contributed by atoms with Gasteiger partial charge < -0.3 is 14.7 Å². The first-order chi connectivity index (χ1) is 43.5. The van der Waals surface area contributed by atoms with E-state index in [1.807, 2.05) is 97.1 Å². The van der Waals surface area contributed by atoms with Crippen molar-refractivity contribution >= 4 is 80.0 Å². The van der Waals surface area contributed by atoms with Gasteiger partial charge in [0.25, 0.3) is 0 Å². The number of anilines is 9. The Hall–Kier alpha value is -12.1. The smallest absolute Gasteiger partial charge is 0.179 e. The van der Waals surface area contributed by atoms with Gasteiger partial charge in [0.2, 0.25) is 0 Å². The monoisotopic (exact) mass is 1140 g/mol. The average molecular weight is 1140 g/mol. The van der Waals surface area contributed by atoms with Crippen molar-refractivity contribution in [2.45, 2.75) is 0 Å². The molecule has 0 radical (unpaired) electrons. The van der Waals surface area contributed by atoms with Crippen LogP contribution < -0.4 is 35.4 Å². The fourth-order valence-corrected chi connectivity index (χ4v) is 16.9. The molecule has 0 saturated heterocycles. The van der Waals surface area contributed by atoms with Crippen molar-refractivity contribution in [3.8, 4) is 51.6 Å². The topological polar surface area (TPSA) is 81.1 Å². The number of hydrogen-bond donors (Lipinski definition) is 0. The molecule has 0 heterocycles. The molecule has 0 fully saturated rings. The molecule has 88 heavy (non-hydrogen) atoms. The summed E-state index contributed by atoms with van der Waals surface area (Å²) >= 11 is 0. The van der Waals surface area contributed by atoms with Crippen LogP contribution in [0.5, 0.6) is 0 Å². The normalized spacial score (nSPS) is 10.9. The molecule has 0 aromatic heterocycles. The molecule has 0 N–H and O–H groups in total. The van der Waals surface area contributed by atoms with Gasteiger partial charge in [0, 0.05) is 51.2 Å². The maximum absolute atomic E-state index is 10.2. The van der Waals surface area contributed by atoms with Crippen LogP contribution in [0.4, 0.5) is 51.2 Å². The summed E-state index contributed by atoms with van der Waals surface area (Å²) in [7, 11) is -3.35. The zero-order valence-corrected chi connectivity index (χ0v) is 49.0. The van der Waals surface area contributed by atoms with Crippen LogP contribution in [0.2, 0.25) is 0 Å². The molecule has 0 unspecified atom stereocenters. The molecule has 414 valence electrons. The van der Waals surface area contributed by atoms with Crippen molar-refractivity contribution in [2.24, 2.45) is 0 Å². The highest BCUT2D eigenvalue weighted by atomic mass is 28.3. The first-order valence-electron chi connectivity index (χ1n) is 29.2. The number of nitrogens with zero attached hydrogens (tertiary/aromatic N) is 6. The van der Waals surface area contributed by atoms with E-state index < -0.39 is 8.07 Å². The van der Waals surface area contributed by atoms with Crippen molar-refractivity contribution < 1.29 is 0 Å². The van der Waals surface area contributed by atoms with Gasteiger partial charge in [-0.05, 0) is 182 Å². The van der Waals surface area contributed by atoms with E-state index >= 15 is 0 Å². The van der Waals surface area contributed by atoms with Crippen LogP contribution in [0, 0.1) is 34.0 Å². The summed E-state index contributed by atoms with van der Waals surface area (Å²) < 4.78 is 0. The molecule has 0 atom stereocenters. The average Bonchev–Trinajstić information content (AvgIpc) is 0.933. The Kier molecular flexibility index (Phi) is 15.7. The molecular formula is C81H56N6Si. The van der Waals surface area contributed by atoms with E-state index in [0.717, 1.165) is 105 Å². The summed E-state index contributed by atoms with van der Waals surface area (Å²) in [4.78, 5) is 6.89. The number of rotatable bonds is 16. The van der Waals surface area contributed by atoms with Gasteiger partial charge in [-0.15, -0.1) is 0 Å². The van der Waals surface area contributed by atoms with Gasteiger partial charge in [-0.25, -0.2) is 0 Å². The minimum atomic E-state index is -3.35. The number of benzene rings is 13. The second-order valence-corrected chi connectivity index (χ2v) is 25.2. The Labute approximate surface area is 515 Å². The Morgan fingerprint density at radius 1 is 0.193 bits per heavy atom. The van der Waals surface area contributed by atoms with Crippen LogP contribution in [0.25, 0.3) is 33.4 Å². The fraction of sp³-hybridized carbons (Fsp3) is 0. The van der Waals surface area contributed by atoms with Crippen LogP contribution in [0.1, 0.15) is 16.7 Å². The van der Waals surface area contributed by atoms with E-state index in [0.29, 0.717) is 16.7 Å². The van der Waals surface area contributed by atoms with Gasteiger partial charge >= 0.3 is 0 Å². The minimum absolute atomic E-state index is 0.610. The molecule has 7 heteroatoms. The van der Waals surface area contributed by atoms with Crippen LogP contribution in [-0.4, -0.2) is 8.07 Å². The van der Waals surface area contributed by atoms with E-state index in [1.54, 1.807) is 0 Å². The Morgan fingerprint density at radius 3 is 0.602 bits per heavy atom. The molecular weight excluding hydrogens is 1090 g/mol. The van der Waals surface area contributed by atoms with Crippen molar-refractivity contribution in [1.29, 1.82) is 15.8 Å². The molecule has 0 spiro atoms. The molecule has 0 amide bonds. The summed E-state index contributed by atoms with van der Waals surface area (Å²) in [5.74, 6) is 0. The molecule has 6 nitrogen and oxygen atoms in total. The third kappa shape index (κ3) is 10.8. The highest BCUT2D eigenvalue weighted by molar-refractivity contribution is 7.19. The number of nitriles is 3. The van der Waals surface area contributed by atoms with Crippen LogP contribution in [-0.2, 0) is 0 Å². The maximum atomic E-state index is 10.2. The standard InChI is InChI=1S/C81H56N6Si/c82-57-63-19-13-16-30-79(63)60-33-49-75(50-34-60)88(76-51-35-61(36-52-76)80-31-17-14-20-64(80)58-83,77-53-37-62(38-54-77)81-32-18-15-21-65(81)59-84)78-55-47-74(48-56-78)87(72-43-39-70(40-44-72)85(66-22-5-1-6-23-66)67-24-7-2-8-25-67)73-45-41-71(42-46-73)86(68-26-9-3-10-27-68)69-28-11-4-12-29-69/h1-56H. The Morgan fingerprint density at radius 2 is 0.375 bits per heavy atom. The summed E-state index contributed by atoms with van der Waals surface area (Å²) in [5, 5.41) is 35.3. The van der Waals surface area contributed by atoms with Gasteiger partial charge in [-0.3, -0.25) is 0 Å². The molecule has 0 saturated carbocycles. The summed E-state index contributed by atoms with van der Waals surface area (Å²) in [6, 6.07) is 126. The molecule has 13 rings (SSSR count). The maximum Gasteiger partial charge on any atom is 0.179 e. The molecule has 13 aromatic rings. The van der Waals surface area contributed by atoms with E-state index in [4.69, 9.17) is 0 Å². The third-order valence-electron chi connectivity index (χ3n) is 16.4. The van der Waals surface area contributed by atoms with Crippen molar-refractivity contribution in [1.82, 2.24) is 0 Å². The predicted octanol–water partition coefficient (Wildman–Crippen LogP) is 18.1. The third-order valence-corrected chi connectivity index (χ3v) is 21.2. The fourth-order valence-electron chi connectivity index (χ4n) is 12.2.